The lowest BCUT2D eigenvalue weighted by Gasteiger charge is -2.23. The summed E-state index contributed by atoms with van der Waals surface area (Å²) in [5.74, 6) is -1.02. The Morgan fingerprint density at radius 1 is 1.06 bits per heavy atom. The molecule has 0 fully saturated rings. The van der Waals surface area contributed by atoms with Crippen LogP contribution in [0.5, 0.6) is 0 Å². The van der Waals surface area contributed by atoms with Crippen molar-refractivity contribution in [2.75, 3.05) is 32.6 Å². The van der Waals surface area contributed by atoms with Crippen LogP contribution >= 0.6 is 0 Å². The Morgan fingerprint density at radius 2 is 1.68 bits per heavy atom. The summed E-state index contributed by atoms with van der Waals surface area (Å²) in [5.41, 5.74) is 2.81. The van der Waals surface area contributed by atoms with Crippen molar-refractivity contribution in [3.05, 3.63) is 71.4 Å². The first-order valence-electron chi connectivity index (χ1n) is 9.74. The Balaban J connectivity index is 1.68. The molecule has 7 nitrogen and oxygen atoms in total. The van der Waals surface area contributed by atoms with Gasteiger partial charge in [-0.1, -0.05) is 32.0 Å². The molecule has 0 aromatic heterocycles. The summed E-state index contributed by atoms with van der Waals surface area (Å²) in [7, 11) is 1.18. The average molecular weight is 443 g/mol. The number of ketones is 1. The number of anilines is 1. The Labute approximate surface area is 183 Å². The molecule has 31 heavy (non-hydrogen) atoms. The maximum atomic E-state index is 12.5. The molecule has 2 aromatic carbocycles. The van der Waals surface area contributed by atoms with E-state index in [1.165, 1.54) is 44.4 Å². The second-order valence-electron chi connectivity index (χ2n) is 8.08. The molecule has 2 aromatic rings. The van der Waals surface area contributed by atoms with Crippen LogP contribution in [0, 0.1) is 0 Å². The Hall–Kier alpha value is -2.97. The van der Waals surface area contributed by atoms with Crippen molar-refractivity contribution in [3.63, 3.8) is 0 Å². The molecule has 0 bridgehead atoms. The molecule has 164 valence electrons. The third-order valence-corrected chi connectivity index (χ3v) is 7.28. The molecule has 0 N–H and O–H groups in total. The number of carbonyl (C=O) groups excluding carboxylic acids is 2. The number of likely N-dealkylation sites (N-methyl/N-ethyl adjacent to an activating group) is 1. The highest BCUT2D eigenvalue weighted by Gasteiger charge is 2.38. The van der Waals surface area contributed by atoms with Gasteiger partial charge in [0.25, 0.3) is 0 Å². The van der Waals surface area contributed by atoms with Crippen molar-refractivity contribution >= 4 is 27.5 Å². The molecule has 1 heterocycles. The predicted octanol–water partition coefficient (Wildman–Crippen LogP) is 2.97. The van der Waals surface area contributed by atoms with Crippen molar-refractivity contribution in [1.82, 2.24) is 4.31 Å². The minimum atomic E-state index is -3.58. The highest BCUT2D eigenvalue weighted by atomic mass is 32.2. The van der Waals surface area contributed by atoms with Gasteiger partial charge < -0.3 is 9.64 Å². The highest BCUT2D eigenvalue weighted by molar-refractivity contribution is 7.89. The van der Waals surface area contributed by atoms with E-state index in [4.69, 9.17) is 4.74 Å². The average Bonchev–Trinajstić information content (AvgIpc) is 2.93. The molecule has 8 heteroatoms. The Morgan fingerprint density at radius 3 is 2.26 bits per heavy atom. The molecule has 0 saturated heterocycles. The van der Waals surface area contributed by atoms with Crippen LogP contribution in [0.15, 0.2) is 65.2 Å². The third kappa shape index (κ3) is 4.26. The van der Waals surface area contributed by atoms with Crippen LogP contribution in [0.1, 0.15) is 29.8 Å². The molecule has 0 aliphatic carbocycles. The highest BCUT2D eigenvalue weighted by Crippen LogP contribution is 2.46. The molecule has 1 aliphatic rings. The molecule has 1 aliphatic heterocycles. The number of nitrogens with zero attached hydrogens (tertiary/aromatic N) is 2. The summed E-state index contributed by atoms with van der Waals surface area (Å²) in [4.78, 5) is 26.8. The molecule has 3 rings (SSSR count). The summed E-state index contributed by atoms with van der Waals surface area (Å²) in [6.45, 7) is 3.69. The molecule has 0 saturated carbocycles. The number of sulfonamides is 1. The van der Waals surface area contributed by atoms with Crippen LogP contribution in [0.2, 0.25) is 0 Å². The van der Waals surface area contributed by atoms with E-state index >= 15 is 0 Å². The number of para-hydroxylation sites is 1. The van der Waals surface area contributed by atoms with Gasteiger partial charge in [-0.2, -0.15) is 0 Å². The van der Waals surface area contributed by atoms with Gasteiger partial charge in [0.1, 0.15) is 0 Å². The van der Waals surface area contributed by atoms with Crippen molar-refractivity contribution in [2.24, 2.45) is 0 Å². The maximum absolute atomic E-state index is 12.5. The van der Waals surface area contributed by atoms with Gasteiger partial charge in [-0.25, -0.2) is 17.5 Å². The van der Waals surface area contributed by atoms with Gasteiger partial charge in [-0.05, 0) is 35.9 Å². The van der Waals surface area contributed by atoms with Crippen LogP contribution in [-0.4, -0.2) is 52.2 Å². The second kappa shape index (κ2) is 8.28. The van der Waals surface area contributed by atoms with Gasteiger partial charge in [0.15, 0.2) is 12.4 Å². The monoisotopic (exact) mass is 442 g/mol. The number of rotatable bonds is 6. The van der Waals surface area contributed by atoms with Gasteiger partial charge in [-0.15, -0.1) is 0 Å². The summed E-state index contributed by atoms with van der Waals surface area (Å²) >= 11 is 0. The van der Waals surface area contributed by atoms with Gasteiger partial charge in [0.05, 0.1) is 10.5 Å². The summed E-state index contributed by atoms with van der Waals surface area (Å²) < 4.78 is 30.4. The van der Waals surface area contributed by atoms with E-state index in [-0.39, 0.29) is 21.7 Å². The van der Waals surface area contributed by atoms with Gasteiger partial charge in [0, 0.05) is 44.0 Å². The molecule has 0 spiro atoms. The summed E-state index contributed by atoms with van der Waals surface area (Å²) in [6, 6.07) is 13.4. The molecule has 0 amide bonds. The molecular formula is C23H26N2O5S. The van der Waals surface area contributed by atoms with Crippen LogP contribution in [-0.2, 0) is 25.0 Å². The van der Waals surface area contributed by atoms with Crippen LogP contribution in [0.4, 0.5) is 5.69 Å². The van der Waals surface area contributed by atoms with Gasteiger partial charge >= 0.3 is 5.97 Å². The van der Waals surface area contributed by atoms with Gasteiger partial charge in [-0.3, -0.25) is 4.79 Å². The van der Waals surface area contributed by atoms with E-state index in [0.29, 0.717) is 0 Å². The fourth-order valence-electron chi connectivity index (χ4n) is 3.65. The standard InChI is InChI=1S/C23H26N2O5S/c1-23(2)19-8-6-7-9-20(19)25(5)21(23)14-17(26)15-30-22(27)16-10-12-18(13-11-16)31(28,29)24(3)4/h6-14H,15H2,1-5H3. The van der Waals surface area contributed by atoms with E-state index < -0.39 is 22.6 Å². The smallest absolute Gasteiger partial charge is 0.338 e. The zero-order valence-electron chi connectivity index (χ0n) is 18.2. The summed E-state index contributed by atoms with van der Waals surface area (Å²) in [6.07, 6.45) is 1.51. The Bertz CT molecular complexity index is 1150. The third-order valence-electron chi connectivity index (χ3n) is 5.45. The number of hydrogen-bond acceptors (Lipinski definition) is 6. The van der Waals surface area contributed by atoms with Gasteiger partial charge in [0.2, 0.25) is 10.0 Å². The minimum Gasteiger partial charge on any atom is -0.454 e. The van der Waals surface area contributed by atoms with Crippen LogP contribution < -0.4 is 4.90 Å². The lowest BCUT2D eigenvalue weighted by molar-refractivity contribution is -0.117. The van der Waals surface area contributed by atoms with E-state index in [2.05, 4.69) is 0 Å². The summed E-state index contributed by atoms with van der Waals surface area (Å²) in [5, 5.41) is 0. The fourth-order valence-corrected chi connectivity index (χ4v) is 4.55. The molecule has 0 radical (unpaired) electrons. The van der Waals surface area contributed by atoms with E-state index in [9.17, 15) is 18.0 Å². The largest absolute Gasteiger partial charge is 0.454 e. The number of esters is 1. The SMILES string of the molecule is CN1C(=CC(=O)COC(=O)c2ccc(S(=O)(=O)N(C)C)cc2)C(C)(C)c2ccccc21. The lowest BCUT2D eigenvalue weighted by atomic mass is 9.83. The topological polar surface area (TPSA) is 84.0 Å². The number of allylic oxidation sites excluding steroid dienone is 1. The molecule has 0 unspecified atom stereocenters. The molecular weight excluding hydrogens is 416 g/mol. The van der Waals surface area contributed by atoms with E-state index in [0.717, 1.165) is 21.3 Å². The quantitative estimate of drug-likeness (QED) is 0.505. The van der Waals surface area contributed by atoms with E-state index in [1.54, 1.807) is 0 Å². The normalized spacial score (nSPS) is 16.5. The first kappa shape index (κ1) is 22.7. The second-order valence-corrected chi connectivity index (χ2v) is 10.2. The van der Waals surface area contributed by atoms with E-state index in [1.807, 2.05) is 50.1 Å². The zero-order chi connectivity index (χ0) is 23.0. The van der Waals surface area contributed by atoms with Crippen LogP contribution in [0.3, 0.4) is 0 Å². The van der Waals surface area contributed by atoms with Crippen LogP contribution in [0.25, 0.3) is 0 Å². The zero-order valence-corrected chi connectivity index (χ0v) is 19.1. The predicted molar refractivity (Wildman–Crippen MR) is 119 cm³/mol. The maximum Gasteiger partial charge on any atom is 0.338 e. The molecule has 0 atom stereocenters. The number of carbonyl (C=O) groups is 2. The first-order valence-corrected chi connectivity index (χ1v) is 11.2. The first-order chi connectivity index (χ1) is 14.5. The van der Waals surface area contributed by atoms with Crippen molar-refractivity contribution < 1.29 is 22.7 Å². The number of benzene rings is 2. The fraction of sp³-hybridized carbons (Fsp3) is 0.304. The van der Waals surface area contributed by atoms with Crippen molar-refractivity contribution in [1.29, 1.82) is 0 Å². The van der Waals surface area contributed by atoms with Crippen molar-refractivity contribution in [2.45, 2.75) is 24.2 Å². The number of fused-ring (bicyclic) bond motifs is 1. The lowest BCUT2D eigenvalue weighted by Crippen LogP contribution is -2.25. The number of hydrogen-bond donors (Lipinski definition) is 0. The Kier molecular flexibility index (Phi) is 6.07. The minimum absolute atomic E-state index is 0.0703. The van der Waals surface area contributed by atoms with Crippen molar-refractivity contribution in [3.8, 4) is 0 Å². The number of ether oxygens (including phenoxy) is 1.